The lowest BCUT2D eigenvalue weighted by Crippen LogP contribution is -2.14. The summed E-state index contributed by atoms with van der Waals surface area (Å²) in [5, 5.41) is 0. The second-order valence-corrected chi connectivity index (χ2v) is 2.28. The number of hydrogen-bond acceptors (Lipinski definition) is 2. The zero-order chi connectivity index (χ0) is 9.14. The summed E-state index contributed by atoms with van der Waals surface area (Å²) < 4.78 is 24.0. The van der Waals surface area contributed by atoms with Gasteiger partial charge in [0.1, 0.15) is 0 Å². The Morgan fingerprint density at radius 1 is 1.58 bits per heavy atom. The lowest BCUT2D eigenvalue weighted by atomic mass is 10.2. The highest BCUT2D eigenvalue weighted by Crippen LogP contribution is 2.13. The quantitative estimate of drug-likeness (QED) is 0.695. The molecule has 3 nitrogen and oxygen atoms in total. The van der Waals surface area contributed by atoms with Gasteiger partial charge in [-0.1, -0.05) is 0 Å². The minimum Gasteiger partial charge on any atom is -0.360 e. The Morgan fingerprint density at radius 3 is 2.67 bits per heavy atom. The molecule has 1 heterocycles. The van der Waals surface area contributed by atoms with Crippen LogP contribution in [0.4, 0.5) is 8.78 Å². The van der Waals surface area contributed by atoms with E-state index >= 15 is 0 Å². The van der Waals surface area contributed by atoms with Crippen LogP contribution in [-0.2, 0) is 6.54 Å². The van der Waals surface area contributed by atoms with Crippen LogP contribution in [0.15, 0.2) is 17.1 Å². The summed E-state index contributed by atoms with van der Waals surface area (Å²) in [5.74, 6) is 0. The topological polar surface area (TPSA) is 58.9 Å². The Bertz CT molecular complexity index is 321. The first-order valence-corrected chi connectivity index (χ1v) is 3.35. The van der Waals surface area contributed by atoms with E-state index in [1.165, 1.54) is 6.20 Å². The molecule has 66 valence electrons. The number of alkyl halides is 2. The number of H-pyrrole nitrogens is 1. The van der Waals surface area contributed by atoms with Crippen molar-refractivity contribution in [3.05, 3.63) is 33.7 Å². The third-order valence-electron chi connectivity index (χ3n) is 1.47. The Morgan fingerprint density at radius 2 is 2.25 bits per heavy atom. The van der Waals surface area contributed by atoms with Crippen LogP contribution in [0.5, 0.6) is 0 Å². The monoisotopic (exact) mass is 174 g/mol. The summed E-state index contributed by atoms with van der Waals surface area (Å²) in [6.45, 7) is 0.0544. The van der Waals surface area contributed by atoms with E-state index in [1.807, 2.05) is 0 Å². The van der Waals surface area contributed by atoms with Gasteiger partial charge < -0.3 is 10.7 Å². The summed E-state index contributed by atoms with van der Waals surface area (Å²) in [4.78, 5) is 13.2. The highest BCUT2D eigenvalue weighted by atomic mass is 19.3. The van der Waals surface area contributed by atoms with Gasteiger partial charge in [0, 0.05) is 24.4 Å². The maximum atomic E-state index is 12.0. The minimum atomic E-state index is -2.65. The molecule has 1 aromatic rings. The van der Waals surface area contributed by atoms with Crippen molar-refractivity contribution in [2.24, 2.45) is 5.73 Å². The Kier molecular flexibility index (Phi) is 2.54. The van der Waals surface area contributed by atoms with E-state index in [0.29, 0.717) is 5.56 Å². The molecule has 0 radical (unpaired) electrons. The number of pyridine rings is 1. The zero-order valence-electron chi connectivity index (χ0n) is 6.18. The fourth-order valence-corrected chi connectivity index (χ4v) is 0.803. The number of halogens is 2. The van der Waals surface area contributed by atoms with Crippen molar-refractivity contribution in [3.8, 4) is 0 Å². The van der Waals surface area contributed by atoms with Crippen LogP contribution >= 0.6 is 0 Å². The first-order valence-electron chi connectivity index (χ1n) is 3.35. The molecular weight excluding hydrogens is 166 g/mol. The standard InChI is InChI=1S/C7H8F2N2O/c8-7(9)5-1-6(12)4(2-10)3-11-5/h1,3,7H,2,10H2,(H,11,12). The number of nitrogens with one attached hydrogen (secondary N) is 1. The average Bonchev–Trinajstić information content (AvgIpc) is 2.04. The predicted octanol–water partition coefficient (Wildman–Crippen LogP) is 0.771. The van der Waals surface area contributed by atoms with Crippen molar-refractivity contribution in [1.82, 2.24) is 4.98 Å². The van der Waals surface area contributed by atoms with Crippen LogP contribution in [0, 0.1) is 0 Å². The number of aromatic amines is 1. The molecule has 12 heavy (non-hydrogen) atoms. The fraction of sp³-hybridized carbons (Fsp3) is 0.286. The molecule has 0 spiro atoms. The highest BCUT2D eigenvalue weighted by Gasteiger charge is 2.08. The Hall–Kier alpha value is -1.23. The summed E-state index contributed by atoms with van der Waals surface area (Å²) >= 11 is 0. The highest BCUT2D eigenvalue weighted by molar-refractivity contribution is 5.14. The van der Waals surface area contributed by atoms with Gasteiger partial charge in [-0.25, -0.2) is 8.78 Å². The van der Waals surface area contributed by atoms with Crippen molar-refractivity contribution in [2.75, 3.05) is 0 Å². The molecule has 0 amide bonds. The molecule has 0 fully saturated rings. The summed E-state index contributed by atoms with van der Waals surface area (Å²) in [5.41, 5.74) is 4.64. The first kappa shape index (κ1) is 8.86. The summed E-state index contributed by atoms with van der Waals surface area (Å²) in [6.07, 6.45) is -1.44. The van der Waals surface area contributed by atoms with Crippen LogP contribution in [0.2, 0.25) is 0 Å². The van der Waals surface area contributed by atoms with Crippen molar-refractivity contribution < 1.29 is 8.78 Å². The van der Waals surface area contributed by atoms with Crippen molar-refractivity contribution in [3.63, 3.8) is 0 Å². The van der Waals surface area contributed by atoms with Gasteiger partial charge in [0.2, 0.25) is 0 Å². The minimum absolute atomic E-state index is 0.0544. The lowest BCUT2D eigenvalue weighted by Gasteiger charge is -2.00. The lowest BCUT2D eigenvalue weighted by molar-refractivity contribution is 0.146. The first-order chi connectivity index (χ1) is 5.65. The van der Waals surface area contributed by atoms with E-state index in [2.05, 4.69) is 4.98 Å². The molecule has 0 saturated heterocycles. The number of aromatic nitrogens is 1. The smallest absolute Gasteiger partial charge is 0.278 e. The number of rotatable bonds is 2. The van der Waals surface area contributed by atoms with Crippen LogP contribution < -0.4 is 11.2 Å². The molecule has 0 atom stereocenters. The van der Waals surface area contributed by atoms with Crippen LogP contribution in [0.3, 0.4) is 0 Å². The van der Waals surface area contributed by atoms with Gasteiger partial charge in [-0.2, -0.15) is 0 Å². The van der Waals surface area contributed by atoms with Crippen LogP contribution in [0.1, 0.15) is 17.7 Å². The molecule has 0 saturated carbocycles. The summed E-state index contributed by atoms with van der Waals surface area (Å²) in [7, 11) is 0. The number of nitrogens with two attached hydrogens (primary N) is 1. The molecule has 0 aliphatic rings. The van der Waals surface area contributed by atoms with Crippen molar-refractivity contribution in [1.29, 1.82) is 0 Å². The van der Waals surface area contributed by atoms with Gasteiger partial charge >= 0.3 is 0 Å². The Balaban J connectivity index is 3.11. The molecule has 0 aliphatic heterocycles. The van der Waals surface area contributed by atoms with Gasteiger partial charge in [-0.3, -0.25) is 4.79 Å². The van der Waals surface area contributed by atoms with Crippen LogP contribution in [0.25, 0.3) is 0 Å². The summed E-state index contributed by atoms with van der Waals surface area (Å²) in [6, 6.07) is 0.868. The third kappa shape index (κ3) is 1.68. The molecule has 0 aromatic carbocycles. The van der Waals surface area contributed by atoms with Crippen molar-refractivity contribution in [2.45, 2.75) is 13.0 Å². The van der Waals surface area contributed by atoms with E-state index in [1.54, 1.807) is 0 Å². The molecule has 1 rings (SSSR count). The van der Waals surface area contributed by atoms with E-state index in [0.717, 1.165) is 6.07 Å². The molecule has 1 aromatic heterocycles. The van der Waals surface area contributed by atoms with Gasteiger partial charge in [0.05, 0.1) is 5.69 Å². The molecule has 0 bridgehead atoms. The zero-order valence-corrected chi connectivity index (χ0v) is 6.18. The predicted molar refractivity (Wildman–Crippen MR) is 39.9 cm³/mol. The second-order valence-electron chi connectivity index (χ2n) is 2.28. The molecule has 3 N–H and O–H groups in total. The van der Waals surface area contributed by atoms with Gasteiger partial charge in [0.15, 0.2) is 5.43 Å². The third-order valence-corrected chi connectivity index (χ3v) is 1.47. The SMILES string of the molecule is NCc1c[nH]c(C(F)F)cc1=O. The van der Waals surface area contributed by atoms with Gasteiger partial charge in [-0.15, -0.1) is 0 Å². The fourth-order valence-electron chi connectivity index (χ4n) is 0.803. The van der Waals surface area contributed by atoms with E-state index < -0.39 is 11.9 Å². The van der Waals surface area contributed by atoms with Crippen molar-refractivity contribution >= 4 is 0 Å². The second kappa shape index (κ2) is 3.44. The van der Waals surface area contributed by atoms with E-state index in [9.17, 15) is 13.6 Å². The molecular formula is C7H8F2N2O. The van der Waals surface area contributed by atoms with Crippen LogP contribution in [-0.4, -0.2) is 4.98 Å². The van der Waals surface area contributed by atoms with Gasteiger partial charge in [0.25, 0.3) is 6.43 Å². The number of hydrogen-bond donors (Lipinski definition) is 2. The Labute approximate surface area is 67.2 Å². The average molecular weight is 174 g/mol. The molecule has 0 unspecified atom stereocenters. The maximum absolute atomic E-state index is 12.0. The molecule has 5 heteroatoms. The van der Waals surface area contributed by atoms with E-state index in [-0.39, 0.29) is 12.2 Å². The normalized spacial score (nSPS) is 10.7. The van der Waals surface area contributed by atoms with E-state index in [4.69, 9.17) is 5.73 Å². The molecule has 0 aliphatic carbocycles. The maximum Gasteiger partial charge on any atom is 0.278 e. The van der Waals surface area contributed by atoms with Gasteiger partial charge in [-0.05, 0) is 0 Å². The largest absolute Gasteiger partial charge is 0.360 e.